The monoisotopic (exact) mass is 391 g/mol. The highest BCUT2D eigenvalue weighted by molar-refractivity contribution is 7.99. The standard InChI is InChI=1S/C17H17N3O4S2/c1-19(2)26(23,24)12-7-8-15(18-11-12)25-10-9-20-16(21)13-5-3-4-6-14(13)17(20)22/h3-8,11H,9-10H2,1-2H3. The van der Waals surface area contributed by atoms with Gasteiger partial charge in [-0.05, 0) is 24.3 Å². The van der Waals surface area contributed by atoms with Crippen LogP contribution in [0.2, 0.25) is 0 Å². The van der Waals surface area contributed by atoms with Gasteiger partial charge in [-0.25, -0.2) is 17.7 Å². The van der Waals surface area contributed by atoms with Crippen molar-refractivity contribution in [2.75, 3.05) is 26.4 Å². The Morgan fingerprint density at radius 2 is 1.65 bits per heavy atom. The van der Waals surface area contributed by atoms with Crippen LogP contribution >= 0.6 is 11.8 Å². The maximum Gasteiger partial charge on any atom is 0.261 e. The van der Waals surface area contributed by atoms with Crippen molar-refractivity contribution in [1.82, 2.24) is 14.2 Å². The third-order valence-electron chi connectivity index (χ3n) is 3.93. The number of carbonyl (C=O) groups is 2. The zero-order chi connectivity index (χ0) is 18.9. The summed E-state index contributed by atoms with van der Waals surface area (Å²) in [7, 11) is -0.592. The van der Waals surface area contributed by atoms with Gasteiger partial charge >= 0.3 is 0 Å². The molecule has 7 nitrogen and oxygen atoms in total. The molecule has 2 amide bonds. The average Bonchev–Trinajstić information content (AvgIpc) is 2.87. The number of aromatic nitrogens is 1. The number of hydrogen-bond donors (Lipinski definition) is 0. The predicted octanol–water partition coefficient (Wildman–Crippen LogP) is 1.72. The van der Waals surface area contributed by atoms with Gasteiger partial charge < -0.3 is 0 Å². The molecular formula is C17H17N3O4S2. The summed E-state index contributed by atoms with van der Waals surface area (Å²) in [6.07, 6.45) is 1.31. The number of amides is 2. The highest BCUT2D eigenvalue weighted by Crippen LogP contribution is 2.24. The fourth-order valence-corrected chi connectivity index (χ4v) is 4.12. The lowest BCUT2D eigenvalue weighted by Gasteiger charge is -2.13. The molecule has 0 aliphatic carbocycles. The highest BCUT2D eigenvalue weighted by atomic mass is 32.2. The van der Waals surface area contributed by atoms with E-state index in [1.165, 1.54) is 43.0 Å². The highest BCUT2D eigenvalue weighted by Gasteiger charge is 2.34. The molecule has 0 fully saturated rings. The molecule has 1 aliphatic heterocycles. The van der Waals surface area contributed by atoms with Crippen molar-refractivity contribution in [2.45, 2.75) is 9.92 Å². The number of pyridine rings is 1. The molecule has 9 heteroatoms. The molecule has 3 rings (SSSR count). The first-order valence-electron chi connectivity index (χ1n) is 7.79. The average molecular weight is 391 g/mol. The lowest BCUT2D eigenvalue weighted by atomic mass is 10.1. The van der Waals surface area contributed by atoms with Crippen molar-refractivity contribution in [3.05, 3.63) is 53.7 Å². The molecule has 1 aromatic heterocycles. The van der Waals surface area contributed by atoms with Gasteiger partial charge in [0.2, 0.25) is 10.0 Å². The maximum absolute atomic E-state index is 12.3. The first-order valence-corrected chi connectivity index (χ1v) is 10.2. The van der Waals surface area contributed by atoms with E-state index < -0.39 is 10.0 Å². The van der Waals surface area contributed by atoms with Crippen LogP contribution in [0.5, 0.6) is 0 Å². The summed E-state index contributed by atoms with van der Waals surface area (Å²) in [5.74, 6) is -0.101. The number of nitrogens with zero attached hydrogens (tertiary/aromatic N) is 3. The summed E-state index contributed by atoms with van der Waals surface area (Å²) in [4.78, 5) is 30.0. The van der Waals surface area contributed by atoms with Gasteiger partial charge in [-0.3, -0.25) is 14.5 Å². The van der Waals surface area contributed by atoms with E-state index in [2.05, 4.69) is 4.98 Å². The molecule has 2 heterocycles. The quantitative estimate of drug-likeness (QED) is 0.550. The number of rotatable bonds is 6. The van der Waals surface area contributed by atoms with E-state index in [9.17, 15) is 18.0 Å². The Bertz CT molecular complexity index is 921. The van der Waals surface area contributed by atoms with Crippen molar-refractivity contribution in [1.29, 1.82) is 0 Å². The summed E-state index contributed by atoms with van der Waals surface area (Å²) in [6.45, 7) is 0.260. The fraction of sp³-hybridized carbons (Fsp3) is 0.235. The number of hydrogen-bond acceptors (Lipinski definition) is 6. The van der Waals surface area contributed by atoms with Crippen LogP contribution in [0.1, 0.15) is 20.7 Å². The van der Waals surface area contributed by atoms with E-state index in [1.807, 2.05) is 0 Å². The summed E-state index contributed by atoms with van der Waals surface area (Å²) < 4.78 is 25.1. The summed E-state index contributed by atoms with van der Waals surface area (Å²) in [5, 5.41) is 0.624. The Balaban J connectivity index is 1.61. The molecule has 26 heavy (non-hydrogen) atoms. The fourth-order valence-electron chi connectivity index (χ4n) is 2.50. The molecule has 136 valence electrons. The summed E-state index contributed by atoms with van der Waals surface area (Å²) >= 11 is 1.35. The van der Waals surface area contributed by atoms with E-state index in [-0.39, 0.29) is 23.3 Å². The van der Waals surface area contributed by atoms with Gasteiger partial charge in [-0.2, -0.15) is 0 Å². The number of fused-ring (bicyclic) bond motifs is 1. The smallest absolute Gasteiger partial charge is 0.261 e. The van der Waals surface area contributed by atoms with E-state index in [1.54, 1.807) is 30.3 Å². The van der Waals surface area contributed by atoms with Crippen LogP contribution in [0.3, 0.4) is 0 Å². The lowest BCUT2D eigenvalue weighted by molar-refractivity contribution is 0.0664. The van der Waals surface area contributed by atoms with E-state index in [4.69, 9.17) is 0 Å². The largest absolute Gasteiger partial charge is 0.273 e. The van der Waals surface area contributed by atoms with Crippen molar-refractivity contribution in [3.8, 4) is 0 Å². The van der Waals surface area contributed by atoms with Crippen LogP contribution in [0, 0.1) is 0 Å². The van der Waals surface area contributed by atoms with Gasteiger partial charge in [0.25, 0.3) is 11.8 Å². The second-order valence-electron chi connectivity index (χ2n) is 5.78. The Morgan fingerprint density at radius 3 is 2.15 bits per heavy atom. The minimum Gasteiger partial charge on any atom is -0.273 e. The van der Waals surface area contributed by atoms with Crippen molar-refractivity contribution in [2.24, 2.45) is 0 Å². The topological polar surface area (TPSA) is 87.7 Å². The Hall–Kier alpha value is -2.23. The van der Waals surface area contributed by atoms with E-state index >= 15 is 0 Å². The van der Waals surface area contributed by atoms with Crippen molar-refractivity contribution in [3.63, 3.8) is 0 Å². The third kappa shape index (κ3) is 3.37. The number of thioether (sulfide) groups is 1. The molecule has 0 unspecified atom stereocenters. The first kappa shape index (κ1) is 18.6. The Labute approximate surface area is 156 Å². The van der Waals surface area contributed by atoms with Crippen LogP contribution in [0.15, 0.2) is 52.5 Å². The Kier molecular flexibility index (Phi) is 5.12. The number of benzene rings is 1. The number of carbonyl (C=O) groups excluding carboxylic acids is 2. The zero-order valence-electron chi connectivity index (χ0n) is 14.2. The molecular weight excluding hydrogens is 374 g/mol. The molecule has 0 saturated carbocycles. The molecule has 0 atom stereocenters. The molecule has 0 bridgehead atoms. The van der Waals surface area contributed by atoms with Gasteiger partial charge in [-0.15, -0.1) is 11.8 Å². The zero-order valence-corrected chi connectivity index (χ0v) is 15.9. The molecule has 0 spiro atoms. The van der Waals surface area contributed by atoms with Gasteiger partial charge in [0.1, 0.15) is 4.90 Å². The molecule has 1 aromatic carbocycles. The number of sulfonamides is 1. The second kappa shape index (κ2) is 7.18. The van der Waals surface area contributed by atoms with Crippen molar-refractivity contribution >= 4 is 33.6 Å². The van der Waals surface area contributed by atoms with Crippen molar-refractivity contribution < 1.29 is 18.0 Å². The molecule has 0 saturated heterocycles. The summed E-state index contributed by atoms with van der Waals surface area (Å²) in [6, 6.07) is 9.86. The van der Waals surface area contributed by atoms with Crippen LogP contribution in [-0.2, 0) is 10.0 Å². The minimum atomic E-state index is -3.51. The lowest BCUT2D eigenvalue weighted by Crippen LogP contribution is -2.31. The van der Waals surface area contributed by atoms with Gasteiger partial charge in [-0.1, -0.05) is 12.1 Å². The third-order valence-corrected chi connectivity index (χ3v) is 6.65. The van der Waals surface area contributed by atoms with Crippen LogP contribution in [0.25, 0.3) is 0 Å². The molecule has 1 aliphatic rings. The second-order valence-corrected chi connectivity index (χ2v) is 9.04. The van der Waals surface area contributed by atoms with Crippen LogP contribution in [-0.4, -0.2) is 60.8 Å². The van der Waals surface area contributed by atoms with Gasteiger partial charge in [0.15, 0.2) is 0 Å². The first-order chi connectivity index (χ1) is 12.3. The predicted molar refractivity (Wildman–Crippen MR) is 97.6 cm³/mol. The summed E-state index contributed by atoms with van der Waals surface area (Å²) in [5.41, 5.74) is 0.859. The molecule has 0 N–H and O–H groups in total. The minimum absolute atomic E-state index is 0.118. The number of imide groups is 1. The van der Waals surface area contributed by atoms with E-state index in [0.717, 1.165) is 4.31 Å². The molecule has 0 radical (unpaired) electrons. The normalized spacial score (nSPS) is 14.2. The Morgan fingerprint density at radius 1 is 1.04 bits per heavy atom. The van der Waals surface area contributed by atoms with Crippen LogP contribution < -0.4 is 0 Å². The van der Waals surface area contributed by atoms with Gasteiger partial charge in [0.05, 0.1) is 16.2 Å². The molecule has 2 aromatic rings. The van der Waals surface area contributed by atoms with E-state index in [0.29, 0.717) is 21.9 Å². The maximum atomic E-state index is 12.3. The SMILES string of the molecule is CN(C)S(=O)(=O)c1ccc(SCCN2C(=O)c3ccccc3C2=O)nc1. The van der Waals surface area contributed by atoms with Gasteiger partial charge in [0, 0.05) is 32.6 Å². The van der Waals surface area contributed by atoms with Crippen LogP contribution in [0.4, 0.5) is 0 Å².